The Labute approximate surface area is 178 Å². The molecule has 0 amide bonds. The maximum atomic E-state index is 11.5. The topological polar surface area (TPSA) is 164 Å². The van der Waals surface area contributed by atoms with Gasteiger partial charge in [-0.15, -0.1) is 0 Å². The van der Waals surface area contributed by atoms with Crippen molar-refractivity contribution in [2.45, 2.75) is 24.4 Å². The molecule has 1 aromatic rings. The van der Waals surface area contributed by atoms with Crippen LogP contribution in [0.4, 0.5) is 0 Å². The van der Waals surface area contributed by atoms with E-state index in [0.29, 0.717) is 36.9 Å². The van der Waals surface area contributed by atoms with E-state index < -0.39 is 42.6 Å². The van der Waals surface area contributed by atoms with Crippen LogP contribution in [0.3, 0.4) is 0 Å². The van der Waals surface area contributed by atoms with Crippen molar-refractivity contribution in [1.82, 2.24) is 5.32 Å². The Morgan fingerprint density at radius 1 is 1.17 bits per heavy atom. The van der Waals surface area contributed by atoms with Crippen molar-refractivity contribution < 1.29 is 39.8 Å². The number of amidine groups is 1. The molecule has 10 nitrogen and oxygen atoms in total. The van der Waals surface area contributed by atoms with Crippen LogP contribution in [0.1, 0.15) is 5.56 Å². The van der Waals surface area contributed by atoms with Gasteiger partial charge in [0.1, 0.15) is 42.5 Å². The first-order valence-corrected chi connectivity index (χ1v) is 9.85. The molecule has 0 saturated carbocycles. The molecule has 11 heteroatoms. The maximum Gasteiger partial charge on any atom is 0.140 e. The van der Waals surface area contributed by atoms with E-state index in [4.69, 9.17) is 9.47 Å². The maximum absolute atomic E-state index is 11.5. The van der Waals surface area contributed by atoms with Crippen LogP contribution in [0.15, 0.2) is 35.0 Å². The van der Waals surface area contributed by atoms with Gasteiger partial charge in [-0.1, -0.05) is 12.1 Å². The molecule has 1 aliphatic rings. The van der Waals surface area contributed by atoms with Gasteiger partial charge < -0.3 is 45.1 Å². The number of rotatable bonds is 10. The summed E-state index contributed by atoms with van der Waals surface area (Å²) >= 11 is 4.03. The van der Waals surface area contributed by atoms with Gasteiger partial charge in [-0.2, -0.15) is 12.6 Å². The van der Waals surface area contributed by atoms with Gasteiger partial charge in [-0.05, 0) is 23.8 Å². The molecule has 0 aromatic heterocycles. The van der Waals surface area contributed by atoms with E-state index in [1.807, 2.05) is 0 Å². The van der Waals surface area contributed by atoms with Crippen molar-refractivity contribution in [1.29, 1.82) is 0 Å². The van der Waals surface area contributed by atoms with Gasteiger partial charge in [0.2, 0.25) is 0 Å². The Balaban J connectivity index is 2.08. The molecule has 30 heavy (non-hydrogen) atoms. The second-order valence-electron chi connectivity index (χ2n) is 6.41. The standard InChI is InChI=1S/C19H26N2O8S/c22-10-14-15(23)16(24)17(25)18(21-14)20-13(19(26)27)9-11-1-3-12(4-2-11)29-6-5-28-7-8-30/h1-4,9,14-17,22-25,30H,5-8,10H2,(H,20,21)(H,26,27)/p-1/b13-9+/t14-,15-,16+,17-/m1/s1. The molecule has 0 radical (unpaired) electrons. The number of carboxylic acids is 1. The quantitative estimate of drug-likeness (QED) is 0.131. The lowest BCUT2D eigenvalue weighted by atomic mass is 9.97. The Morgan fingerprint density at radius 2 is 1.87 bits per heavy atom. The summed E-state index contributed by atoms with van der Waals surface area (Å²) in [6.07, 6.45) is -3.54. The number of ether oxygens (including phenoxy) is 2. The molecular weight excluding hydrogens is 416 g/mol. The zero-order valence-corrected chi connectivity index (χ0v) is 16.9. The number of aliphatic carboxylic acids is 1. The first kappa shape index (κ1) is 24.1. The minimum atomic E-state index is -1.66. The van der Waals surface area contributed by atoms with Crippen LogP contribution in [0.25, 0.3) is 6.08 Å². The van der Waals surface area contributed by atoms with Crippen LogP contribution in [0, 0.1) is 0 Å². The number of carbonyl (C=O) groups excluding carboxylic acids is 1. The van der Waals surface area contributed by atoms with Crippen molar-refractivity contribution in [3.05, 3.63) is 35.5 Å². The molecule has 0 spiro atoms. The zero-order chi connectivity index (χ0) is 22.1. The fourth-order valence-electron chi connectivity index (χ4n) is 2.66. The van der Waals surface area contributed by atoms with Gasteiger partial charge in [-0.25, -0.2) is 0 Å². The fraction of sp³-hybridized carbons (Fsp3) is 0.474. The number of benzene rings is 1. The molecule has 0 bridgehead atoms. The third kappa shape index (κ3) is 6.69. The molecule has 4 atom stereocenters. The molecule has 1 heterocycles. The molecule has 166 valence electrons. The van der Waals surface area contributed by atoms with Gasteiger partial charge in [0.15, 0.2) is 0 Å². The van der Waals surface area contributed by atoms with E-state index in [9.17, 15) is 30.3 Å². The van der Waals surface area contributed by atoms with Crippen molar-refractivity contribution in [3.8, 4) is 5.75 Å². The smallest absolute Gasteiger partial charge is 0.140 e. The summed E-state index contributed by atoms with van der Waals surface area (Å²) in [5.74, 6) is -0.685. The van der Waals surface area contributed by atoms with Gasteiger partial charge >= 0.3 is 0 Å². The number of carbonyl (C=O) groups is 1. The van der Waals surface area contributed by atoms with Gasteiger partial charge in [0, 0.05) is 5.75 Å². The lowest BCUT2D eigenvalue weighted by Crippen LogP contribution is -2.56. The summed E-state index contributed by atoms with van der Waals surface area (Å²) in [7, 11) is 0. The molecule has 0 aliphatic carbocycles. The third-order valence-corrected chi connectivity index (χ3v) is 4.43. The zero-order valence-electron chi connectivity index (χ0n) is 16.0. The molecule has 1 aromatic carbocycles. The number of aliphatic hydroxyl groups excluding tert-OH is 4. The van der Waals surface area contributed by atoms with E-state index in [-0.39, 0.29) is 5.84 Å². The van der Waals surface area contributed by atoms with E-state index >= 15 is 0 Å². The van der Waals surface area contributed by atoms with Gasteiger partial charge in [0.05, 0.1) is 31.5 Å². The van der Waals surface area contributed by atoms with E-state index in [0.717, 1.165) is 0 Å². The first-order valence-electron chi connectivity index (χ1n) is 9.21. The monoisotopic (exact) mass is 441 g/mol. The number of nitrogens with one attached hydrogen (secondary N) is 1. The number of aliphatic imine (C=N–C) groups is 1. The summed E-state index contributed by atoms with van der Waals surface area (Å²) in [5, 5.41) is 52.8. The summed E-state index contributed by atoms with van der Waals surface area (Å²) in [5.41, 5.74) is 0.0625. The van der Waals surface area contributed by atoms with Gasteiger partial charge in [0.25, 0.3) is 0 Å². The lowest BCUT2D eigenvalue weighted by molar-refractivity contribution is -0.299. The van der Waals surface area contributed by atoms with Gasteiger partial charge in [-0.3, -0.25) is 4.99 Å². The van der Waals surface area contributed by atoms with Crippen LogP contribution in [-0.2, 0) is 9.53 Å². The molecule has 0 fully saturated rings. The molecular formula is C19H25N2O8S-. The van der Waals surface area contributed by atoms with Crippen molar-refractivity contribution in [2.24, 2.45) is 4.99 Å². The van der Waals surface area contributed by atoms with E-state index in [1.165, 1.54) is 6.08 Å². The summed E-state index contributed by atoms with van der Waals surface area (Å²) in [6, 6.07) is 5.41. The molecule has 2 rings (SSSR count). The second-order valence-corrected chi connectivity index (χ2v) is 6.86. The highest BCUT2D eigenvalue weighted by Crippen LogP contribution is 2.17. The van der Waals surface area contributed by atoms with Crippen LogP contribution >= 0.6 is 12.6 Å². The fourth-order valence-corrected chi connectivity index (χ4v) is 2.79. The minimum absolute atomic E-state index is 0.302. The van der Waals surface area contributed by atoms with Crippen molar-refractivity contribution in [2.75, 3.05) is 32.2 Å². The first-order chi connectivity index (χ1) is 14.4. The number of aliphatic hydroxyl groups is 4. The summed E-state index contributed by atoms with van der Waals surface area (Å²) in [4.78, 5) is 15.4. The second kappa shape index (κ2) is 11.9. The SMILES string of the molecule is O=C([O-])/C(=C\c1ccc(OCCOCCS)cc1)NC1=N[C@H](CO)[C@@H](O)[C@H](O)[C@H]1O. The number of thiol groups is 1. The number of carboxylic acid groups (broad SMARTS) is 1. The van der Waals surface area contributed by atoms with Crippen LogP contribution in [0.5, 0.6) is 5.75 Å². The highest BCUT2D eigenvalue weighted by atomic mass is 32.1. The van der Waals surface area contributed by atoms with Crippen LogP contribution < -0.4 is 15.2 Å². The highest BCUT2D eigenvalue weighted by molar-refractivity contribution is 7.80. The molecule has 0 unspecified atom stereocenters. The predicted molar refractivity (Wildman–Crippen MR) is 109 cm³/mol. The van der Waals surface area contributed by atoms with E-state index in [2.05, 4.69) is 22.9 Å². The minimum Gasteiger partial charge on any atom is -0.543 e. The average Bonchev–Trinajstić information content (AvgIpc) is 2.74. The van der Waals surface area contributed by atoms with Crippen LogP contribution in [0.2, 0.25) is 0 Å². The number of hydrogen-bond acceptors (Lipinski definition) is 11. The van der Waals surface area contributed by atoms with Crippen molar-refractivity contribution >= 4 is 30.5 Å². The van der Waals surface area contributed by atoms with Crippen LogP contribution in [-0.4, -0.2) is 88.8 Å². The summed E-state index contributed by atoms with van der Waals surface area (Å²) in [6.45, 7) is 0.708. The molecule has 0 saturated heterocycles. The highest BCUT2D eigenvalue weighted by Gasteiger charge is 2.38. The largest absolute Gasteiger partial charge is 0.543 e. The third-order valence-electron chi connectivity index (χ3n) is 4.25. The Kier molecular flexibility index (Phi) is 9.56. The Hall–Kier alpha value is -2.15. The predicted octanol–water partition coefficient (Wildman–Crippen LogP) is -2.45. The normalized spacial score (nSPS) is 24.3. The Morgan fingerprint density at radius 3 is 2.47 bits per heavy atom. The van der Waals surface area contributed by atoms with E-state index in [1.54, 1.807) is 24.3 Å². The number of hydrogen-bond donors (Lipinski definition) is 6. The van der Waals surface area contributed by atoms with Crippen molar-refractivity contribution in [3.63, 3.8) is 0 Å². The average molecular weight is 441 g/mol. The molecule has 5 N–H and O–H groups in total. The summed E-state index contributed by atoms with van der Waals surface area (Å²) < 4.78 is 10.7. The number of nitrogens with zero attached hydrogens (tertiary/aromatic N) is 1. The molecule has 1 aliphatic heterocycles. The Bertz CT molecular complexity index is 755. The lowest BCUT2D eigenvalue weighted by Gasteiger charge is -2.33.